The predicted molar refractivity (Wildman–Crippen MR) is 164 cm³/mol. The molecule has 2 saturated heterocycles. The Morgan fingerprint density at radius 3 is 2.66 bits per heavy atom. The van der Waals surface area contributed by atoms with E-state index in [-0.39, 0.29) is 30.6 Å². The number of ether oxygens (including phenoxy) is 2. The van der Waals surface area contributed by atoms with Crippen molar-refractivity contribution in [3.63, 3.8) is 0 Å². The third-order valence-corrected chi connectivity index (χ3v) is 7.94. The largest absolute Gasteiger partial charge is 0.507 e. The van der Waals surface area contributed by atoms with E-state index in [9.17, 15) is 14.7 Å². The highest BCUT2D eigenvalue weighted by Crippen LogP contribution is 2.37. The molecule has 4 aromatic rings. The van der Waals surface area contributed by atoms with E-state index in [1.165, 1.54) is 6.07 Å². The molecular weight excluding hydrogens is 582 g/mol. The smallest absolute Gasteiger partial charge is 0.250 e. The molecule has 11 heteroatoms. The van der Waals surface area contributed by atoms with Crippen molar-refractivity contribution in [1.82, 2.24) is 19.7 Å². The summed E-state index contributed by atoms with van der Waals surface area (Å²) in [6.07, 6.45) is 4.47. The van der Waals surface area contributed by atoms with Gasteiger partial charge in [0, 0.05) is 48.4 Å². The van der Waals surface area contributed by atoms with Crippen LogP contribution in [0.2, 0.25) is 5.02 Å². The summed E-state index contributed by atoms with van der Waals surface area (Å²) in [4.78, 5) is 33.1. The van der Waals surface area contributed by atoms with Crippen LogP contribution in [0.4, 0.5) is 5.82 Å². The Bertz CT molecular complexity index is 1740. The average molecular weight is 612 g/mol. The van der Waals surface area contributed by atoms with Gasteiger partial charge in [-0.3, -0.25) is 19.2 Å². The van der Waals surface area contributed by atoms with Crippen LogP contribution in [0.1, 0.15) is 29.5 Å². The minimum absolute atomic E-state index is 0.0497. The van der Waals surface area contributed by atoms with Gasteiger partial charge in [0.2, 0.25) is 5.91 Å². The zero-order chi connectivity index (χ0) is 30.7. The summed E-state index contributed by atoms with van der Waals surface area (Å²) in [5.41, 5.74) is 2.19. The molecule has 6 rings (SSSR count). The second-order valence-electron chi connectivity index (χ2n) is 10.7. The molecule has 2 aromatic carbocycles. The number of hydrogen-bond acceptors (Lipinski definition) is 7. The van der Waals surface area contributed by atoms with E-state index >= 15 is 0 Å². The Balaban J connectivity index is 1.18. The molecule has 0 saturated carbocycles. The standard InChI is InChI=1S/C33H30ClN5O5/c1-38-20-24(31(37-38)26-18-25(34)10-11-28(26)40)9-7-23-8-12-29(35-19-23)36-32(42)27-21-44-33(13-15-43-16-14-33)39(27)30(41)17-22-5-3-2-4-6-22/h2-6,8,10-12,18-20,27,40H,13-17,21H2,1H3,(H,35,36,42)/t27-/m0/s1. The summed E-state index contributed by atoms with van der Waals surface area (Å²) in [7, 11) is 1.77. The van der Waals surface area contributed by atoms with Gasteiger partial charge in [-0.05, 0) is 35.9 Å². The molecule has 2 aliphatic rings. The SMILES string of the molecule is Cn1cc(C#Cc2ccc(NC(=O)[C@@H]3COC4(CCOCC4)N3C(=O)Cc3ccccc3)nc2)c(-c2cc(Cl)ccc2O)n1. The molecule has 2 aromatic heterocycles. The number of pyridine rings is 1. The fourth-order valence-electron chi connectivity index (χ4n) is 5.56. The molecule has 0 aliphatic carbocycles. The van der Waals surface area contributed by atoms with E-state index < -0.39 is 11.8 Å². The third-order valence-electron chi connectivity index (χ3n) is 7.70. The predicted octanol–water partition coefficient (Wildman–Crippen LogP) is 4.16. The van der Waals surface area contributed by atoms with Gasteiger partial charge in [0.25, 0.3) is 5.91 Å². The van der Waals surface area contributed by atoms with Gasteiger partial charge in [-0.2, -0.15) is 5.10 Å². The fourth-order valence-corrected chi connectivity index (χ4v) is 5.73. The van der Waals surface area contributed by atoms with Crippen molar-refractivity contribution in [1.29, 1.82) is 0 Å². The first-order valence-corrected chi connectivity index (χ1v) is 14.6. The number of aromatic nitrogens is 3. The van der Waals surface area contributed by atoms with E-state index in [0.717, 1.165) is 5.56 Å². The van der Waals surface area contributed by atoms with Crippen LogP contribution >= 0.6 is 11.6 Å². The van der Waals surface area contributed by atoms with Gasteiger partial charge in [-0.15, -0.1) is 0 Å². The summed E-state index contributed by atoms with van der Waals surface area (Å²) >= 11 is 6.13. The third kappa shape index (κ3) is 6.17. The van der Waals surface area contributed by atoms with E-state index in [1.807, 2.05) is 30.3 Å². The van der Waals surface area contributed by atoms with Gasteiger partial charge in [0.15, 0.2) is 0 Å². The zero-order valence-corrected chi connectivity index (χ0v) is 24.8. The van der Waals surface area contributed by atoms with Gasteiger partial charge >= 0.3 is 0 Å². The van der Waals surface area contributed by atoms with Crippen LogP contribution in [0.25, 0.3) is 11.3 Å². The highest BCUT2D eigenvalue weighted by atomic mass is 35.5. The molecule has 4 heterocycles. The monoisotopic (exact) mass is 611 g/mol. The van der Waals surface area contributed by atoms with Crippen LogP contribution in [0, 0.1) is 11.8 Å². The van der Waals surface area contributed by atoms with Crippen LogP contribution in [-0.4, -0.2) is 68.2 Å². The molecule has 2 amide bonds. The quantitative estimate of drug-likeness (QED) is 0.325. The molecule has 44 heavy (non-hydrogen) atoms. The number of carbonyl (C=O) groups is 2. The first-order chi connectivity index (χ1) is 21.3. The molecule has 1 atom stereocenters. The van der Waals surface area contributed by atoms with Crippen LogP contribution in [0.3, 0.4) is 0 Å². The van der Waals surface area contributed by atoms with Crippen molar-refractivity contribution in [2.24, 2.45) is 7.05 Å². The number of phenolic OH excluding ortho intramolecular Hbond substituents is 1. The van der Waals surface area contributed by atoms with Crippen molar-refractivity contribution >= 4 is 29.2 Å². The maximum atomic E-state index is 13.6. The number of nitrogens with one attached hydrogen (secondary N) is 1. The first-order valence-electron chi connectivity index (χ1n) is 14.2. The van der Waals surface area contributed by atoms with Gasteiger partial charge in [0.05, 0.1) is 31.8 Å². The van der Waals surface area contributed by atoms with Crippen LogP contribution in [-0.2, 0) is 32.5 Å². The van der Waals surface area contributed by atoms with Gasteiger partial charge < -0.3 is 19.9 Å². The Kier molecular flexibility index (Phi) is 8.35. The molecule has 1 spiro atoms. The number of phenols is 1. The van der Waals surface area contributed by atoms with Crippen molar-refractivity contribution in [3.05, 3.63) is 94.8 Å². The number of aryl methyl sites for hydroxylation is 1. The maximum absolute atomic E-state index is 13.6. The molecule has 0 radical (unpaired) electrons. The summed E-state index contributed by atoms with van der Waals surface area (Å²) in [5.74, 6) is 5.98. The van der Waals surface area contributed by atoms with Crippen LogP contribution in [0.5, 0.6) is 5.75 Å². The Morgan fingerprint density at radius 1 is 1.11 bits per heavy atom. The Labute approximate surface area is 259 Å². The molecule has 0 bridgehead atoms. The molecule has 2 aliphatic heterocycles. The van der Waals surface area contributed by atoms with E-state index in [2.05, 4.69) is 27.2 Å². The summed E-state index contributed by atoms with van der Waals surface area (Å²) in [5, 5.41) is 18.1. The number of aromatic hydroxyl groups is 1. The highest BCUT2D eigenvalue weighted by Gasteiger charge is 2.53. The average Bonchev–Trinajstić information content (AvgIpc) is 3.58. The molecule has 2 fully saturated rings. The van der Waals surface area contributed by atoms with Gasteiger partial charge in [-0.1, -0.05) is 53.8 Å². The second kappa shape index (κ2) is 12.5. The zero-order valence-electron chi connectivity index (χ0n) is 24.0. The topological polar surface area (TPSA) is 119 Å². The Morgan fingerprint density at radius 2 is 1.91 bits per heavy atom. The van der Waals surface area contributed by atoms with Gasteiger partial charge in [0.1, 0.15) is 29.0 Å². The minimum Gasteiger partial charge on any atom is -0.507 e. The second-order valence-corrected chi connectivity index (χ2v) is 11.1. The summed E-state index contributed by atoms with van der Waals surface area (Å²) in [6, 6.07) is 16.8. The van der Waals surface area contributed by atoms with E-state index in [1.54, 1.807) is 53.3 Å². The summed E-state index contributed by atoms with van der Waals surface area (Å²) in [6.45, 7) is 0.994. The lowest BCUT2D eigenvalue weighted by Gasteiger charge is -2.41. The number of amides is 2. The van der Waals surface area contributed by atoms with E-state index in [0.29, 0.717) is 59.3 Å². The molecular formula is C33H30ClN5O5. The van der Waals surface area contributed by atoms with E-state index in [4.69, 9.17) is 21.1 Å². The lowest BCUT2D eigenvalue weighted by molar-refractivity contribution is -0.169. The number of hydrogen-bond donors (Lipinski definition) is 2. The van der Waals surface area contributed by atoms with Crippen LogP contribution < -0.4 is 5.32 Å². The normalized spacial score (nSPS) is 17.2. The number of nitrogens with zero attached hydrogens (tertiary/aromatic N) is 4. The number of rotatable bonds is 5. The van der Waals surface area contributed by atoms with Crippen LogP contribution in [0.15, 0.2) is 73.1 Å². The maximum Gasteiger partial charge on any atom is 0.250 e. The molecule has 0 unspecified atom stereocenters. The molecule has 224 valence electrons. The van der Waals surface area contributed by atoms with Gasteiger partial charge in [-0.25, -0.2) is 4.98 Å². The molecule has 2 N–H and O–H groups in total. The van der Waals surface area contributed by atoms with Crippen molar-refractivity contribution in [2.45, 2.75) is 31.0 Å². The number of halogens is 1. The number of carbonyl (C=O) groups excluding carboxylic acids is 2. The van der Waals surface area contributed by atoms with Crippen molar-refractivity contribution < 1.29 is 24.2 Å². The Hall–Kier alpha value is -4.69. The number of benzene rings is 2. The lowest BCUT2D eigenvalue weighted by atomic mass is 10.00. The lowest BCUT2D eigenvalue weighted by Crippen LogP contribution is -2.57. The minimum atomic E-state index is -0.869. The van der Waals surface area contributed by atoms with Crippen molar-refractivity contribution in [3.8, 4) is 28.8 Å². The first kappa shape index (κ1) is 29.4. The number of anilines is 1. The van der Waals surface area contributed by atoms with Crippen molar-refractivity contribution in [2.75, 3.05) is 25.1 Å². The summed E-state index contributed by atoms with van der Waals surface area (Å²) < 4.78 is 13.3. The molecule has 10 nitrogen and oxygen atoms in total. The fraction of sp³-hybridized carbons (Fsp3) is 0.273. The highest BCUT2D eigenvalue weighted by molar-refractivity contribution is 6.31.